The summed E-state index contributed by atoms with van der Waals surface area (Å²) in [5.74, 6) is -0.628. The van der Waals surface area contributed by atoms with Gasteiger partial charge in [0, 0.05) is 54.9 Å². The molecule has 0 aliphatic heterocycles. The lowest BCUT2D eigenvalue weighted by molar-refractivity contribution is -0.141. The van der Waals surface area contributed by atoms with Gasteiger partial charge in [0.25, 0.3) is 0 Å². The Morgan fingerprint density at radius 3 is 2.04 bits per heavy atom. The fourth-order valence-corrected chi connectivity index (χ4v) is 6.24. The predicted octanol–water partition coefficient (Wildman–Crippen LogP) is 6.11. The van der Waals surface area contributed by atoms with Crippen molar-refractivity contribution in [1.29, 1.82) is 0 Å². The predicted molar refractivity (Wildman–Crippen MR) is 193 cm³/mol. The summed E-state index contributed by atoms with van der Waals surface area (Å²) < 4.78 is 3.14. The lowest BCUT2D eigenvalue weighted by Crippen LogP contribution is -2.31. The molecule has 0 spiro atoms. The number of carbonyl (C=O) groups excluding carboxylic acids is 1. The second-order valence-electron chi connectivity index (χ2n) is 12.3. The van der Waals surface area contributed by atoms with Crippen LogP contribution in [0.5, 0.6) is 0 Å². The molecule has 7 rings (SSSR count). The van der Waals surface area contributed by atoms with Crippen LogP contribution >= 0.6 is 0 Å². The molecule has 0 bridgehead atoms. The molecule has 0 radical (unpaired) electrons. The van der Waals surface area contributed by atoms with Gasteiger partial charge in [-0.2, -0.15) is 0 Å². The van der Waals surface area contributed by atoms with E-state index in [9.17, 15) is 9.59 Å². The summed E-state index contributed by atoms with van der Waals surface area (Å²) >= 11 is 0. The standard InChI is InChI=1S/C39H37N7O3/c1-25-26(2)42-34-21-37-35(20-33(34)41-25)43-38(39(48)46(37)49-27(3)47)32-24-44(18-10-17-40)36-16-15-30(19-31(32)36)45(22-28-11-6-4-7-12-28)23-29-13-8-5-9-14-29/h4-9,11-16,19-21,24H,10,17-18,22-23,40H2,1-3H3. The topological polar surface area (TPSA) is 121 Å². The SMILES string of the molecule is CC(=O)On1c(=O)c(-c2cn(CCCN)c3ccc(N(Cc4ccccc4)Cc4ccccc4)cc23)nc2cc3nc(C)c(C)nc3cc21. The van der Waals surface area contributed by atoms with Gasteiger partial charge in [0.1, 0.15) is 11.2 Å². The summed E-state index contributed by atoms with van der Waals surface area (Å²) in [5.41, 5.74) is 14.0. The number of fused-ring (bicyclic) bond motifs is 3. The van der Waals surface area contributed by atoms with Crippen LogP contribution in [0.1, 0.15) is 35.9 Å². The van der Waals surface area contributed by atoms with Crippen molar-refractivity contribution in [2.24, 2.45) is 5.73 Å². The highest BCUT2D eigenvalue weighted by Gasteiger charge is 2.22. The van der Waals surface area contributed by atoms with Gasteiger partial charge in [-0.15, -0.1) is 4.73 Å². The van der Waals surface area contributed by atoms with Crippen LogP contribution in [0.15, 0.2) is 102 Å². The molecule has 4 aromatic carbocycles. The van der Waals surface area contributed by atoms with Crippen LogP contribution in [-0.4, -0.2) is 36.8 Å². The Kier molecular flexibility index (Phi) is 8.63. The fourth-order valence-electron chi connectivity index (χ4n) is 6.24. The Hall–Kier alpha value is -5.87. The molecule has 0 aliphatic carbocycles. The molecule has 0 fully saturated rings. The largest absolute Gasteiger partial charge is 0.363 e. The summed E-state index contributed by atoms with van der Waals surface area (Å²) in [7, 11) is 0. The van der Waals surface area contributed by atoms with Crippen molar-refractivity contribution in [2.45, 2.75) is 46.8 Å². The van der Waals surface area contributed by atoms with E-state index in [2.05, 4.69) is 56.9 Å². The van der Waals surface area contributed by atoms with Crippen LogP contribution in [-0.2, 0) is 24.4 Å². The number of aryl methyl sites for hydroxylation is 3. The number of hydrogen-bond acceptors (Lipinski definition) is 8. The van der Waals surface area contributed by atoms with E-state index in [0.29, 0.717) is 53.8 Å². The first-order valence-electron chi connectivity index (χ1n) is 16.4. The Balaban J connectivity index is 1.44. The Bertz CT molecular complexity index is 2340. The smallest absolute Gasteiger partial charge is 0.330 e. The summed E-state index contributed by atoms with van der Waals surface area (Å²) in [6, 6.07) is 30.5. The Morgan fingerprint density at radius 2 is 1.43 bits per heavy atom. The second kappa shape index (κ2) is 13.3. The van der Waals surface area contributed by atoms with Gasteiger partial charge >= 0.3 is 11.5 Å². The molecule has 0 amide bonds. The molecule has 10 nitrogen and oxygen atoms in total. The molecule has 0 unspecified atom stereocenters. The van der Waals surface area contributed by atoms with Gasteiger partial charge in [-0.3, -0.25) is 4.79 Å². The first-order valence-corrected chi connectivity index (χ1v) is 16.4. The minimum absolute atomic E-state index is 0.163. The number of benzene rings is 4. The van der Waals surface area contributed by atoms with E-state index in [0.717, 1.165) is 39.1 Å². The zero-order valence-electron chi connectivity index (χ0n) is 27.8. The van der Waals surface area contributed by atoms with Gasteiger partial charge in [-0.25, -0.2) is 19.7 Å². The molecule has 3 aromatic heterocycles. The minimum Gasteiger partial charge on any atom is -0.363 e. The maximum atomic E-state index is 14.3. The molecule has 0 atom stereocenters. The number of nitrogens with zero attached hydrogens (tertiary/aromatic N) is 6. The van der Waals surface area contributed by atoms with Crippen molar-refractivity contribution in [1.82, 2.24) is 24.2 Å². The highest BCUT2D eigenvalue weighted by atomic mass is 16.7. The molecular weight excluding hydrogens is 614 g/mol. The summed E-state index contributed by atoms with van der Waals surface area (Å²) in [6.45, 7) is 7.60. The molecule has 0 saturated carbocycles. The normalized spacial score (nSPS) is 11.4. The Labute approximate surface area is 283 Å². The van der Waals surface area contributed by atoms with Gasteiger partial charge in [0.2, 0.25) is 0 Å². The monoisotopic (exact) mass is 651 g/mol. The third kappa shape index (κ3) is 6.38. The van der Waals surface area contributed by atoms with Crippen molar-refractivity contribution in [3.05, 3.63) is 130 Å². The zero-order valence-corrected chi connectivity index (χ0v) is 27.8. The van der Waals surface area contributed by atoms with E-state index in [-0.39, 0.29) is 5.69 Å². The van der Waals surface area contributed by atoms with Gasteiger partial charge in [-0.05, 0) is 68.3 Å². The van der Waals surface area contributed by atoms with Crippen LogP contribution in [0.2, 0.25) is 0 Å². The van der Waals surface area contributed by atoms with E-state index in [4.69, 9.17) is 20.5 Å². The van der Waals surface area contributed by atoms with Crippen LogP contribution < -0.4 is 21.0 Å². The maximum absolute atomic E-state index is 14.3. The zero-order chi connectivity index (χ0) is 34.1. The van der Waals surface area contributed by atoms with Crippen LogP contribution in [0.3, 0.4) is 0 Å². The van der Waals surface area contributed by atoms with Crippen LogP contribution in [0.4, 0.5) is 5.69 Å². The first-order chi connectivity index (χ1) is 23.8. The molecule has 0 aliphatic rings. The van der Waals surface area contributed by atoms with Gasteiger partial charge in [0.15, 0.2) is 0 Å². The van der Waals surface area contributed by atoms with Crippen molar-refractivity contribution in [3.8, 4) is 11.3 Å². The summed E-state index contributed by atoms with van der Waals surface area (Å²) in [6.07, 6.45) is 2.70. The van der Waals surface area contributed by atoms with E-state index in [1.165, 1.54) is 18.1 Å². The number of rotatable bonds is 10. The lowest BCUT2D eigenvalue weighted by atomic mass is 10.1. The third-order valence-electron chi connectivity index (χ3n) is 8.75. The first kappa shape index (κ1) is 31.7. The molecule has 3 heterocycles. The quantitative estimate of drug-likeness (QED) is 0.176. The second-order valence-corrected chi connectivity index (χ2v) is 12.3. The number of carbonyl (C=O) groups is 1. The van der Waals surface area contributed by atoms with E-state index in [1.807, 2.05) is 56.4 Å². The fraction of sp³-hybridized carbons (Fsp3) is 0.205. The summed E-state index contributed by atoms with van der Waals surface area (Å²) in [5, 5.41) is 0.853. The number of hydrogen-bond donors (Lipinski definition) is 1. The van der Waals surface area contributed by atoms with Gasteiger partial charge in [-0.1, -0.05) is 60.7 Å². The van der Waals surface area contributed by atoms with E-state index in [1.54, 1.807) is 12.1 Å². The lowest BCUT2D eigenvalue weighted by Gasteiger charge is -2.26. The van der Waals surface area contributed by atoms with Crippen molar-refractivity contribution in [2.75, 3.05) is 11.4 Å². The highest BCUT2D eigenvalue weighted by Crippen LogP contribution is 2.34. The van der Waals surface area contributed by atoms with Crippen molar-refractivity contribution >= 4 is 44.6 Å². The van der Waals surface area contributed by atoms with Gasteiger partial charge < -0.3 is 20.0 Å². The van der Waals surface area contributed by atoms with E-state index >= 15 is 0 Å². The van der Waals surface area contributed by atoms with Crippen LogP contribution in [0.25, 0.3) is 44.2 Å². The highest BCUT2D eigenvalue weighted by molar-refractivity contribution is 5.99. The molecule has 0 saturated heterocycles. The summed E-state index contributed by atoms with van der Waals surface area (Å²) in [4.78, 5) is 48.8. The van der Waals surface area contributed by atoms with Crippen molar-refractivity contribution in [3.63, 3.8) is 0 Å². The van der Waals surface area contributed by atoms with Crippen LogP contribution in [0, 0.1) is 13.8 Å². The number of nitrogens with two attached hydrogens (primary N) is 1. The Morgan fingerprint density at radius 1 is 0.796 bits per heavy atom. The maximum Gasteiger partial charge on any atom is 0.330 e. The number of aromatic nitrogens is 5. The molecular formula is C39H37N7O3. The average Bonchev–Trinajstić information content (AvgIpc) is 3.46. The van der Waals surface area contributed by atoms with E-state index < -0.39 is 11.5 Å². The molecule has 49 heavy (non-hydrogen) atoms. The molecule has 7 aromatic rings. The van der Waals surface area contributed by atoms with Crippen molar-refractivity contribution < 1.29 is 9.63 Å². The van der Waals surface area contributed by atoms with Gasteiger partial charge in [0.05, 0.1) is 27.9 Å². The molecule has 2 N–H and O–H groups in total. The average molecular weight is 652 g/mol. The minimum atomic E-state index is -0.628. The third-order valence-corrected chi connectivity index (χ3v) is 8.75. The number of anilines is 1. The molecule has 10 heteroatoms. The molecule has 246 valence electrons.